The first kappa shape index (κ1) is 38.3. The summed E-state index contributed by atoms with van der Waals surface area (Å²) >= 11 is 0. The lowest BCUT2D eigenvalue weighted by Crippen LogP contribution is -2.48. The van der Waals surface area contributed by atoms with Crippen LogP contribution < -0.4 is 0 Å². The van der Waals surface area contributed by atoms with Crippen molar-refractivity contribution >= 4 is 11.9 Å². The third kappa shape index (κ3) is 9.58. The van der Waals surface area contributed by atoms with Gasteiger partial charge >= 0.3 is 6.03 Å². The molecule has 3 rings (SSSR count). The number of nitrogens with zero attached hydrogens (tertiary/aromatic N) is 2. The van der Waals surface area contributed by atoms with Crippen LogP contribution in [-0.4, -0.2) is 33.8 Å². The fraction of sp³-hybridized carbons (Fsp3) is 0.476. The highest BCUT2D eigenvalue weighted by molar-refractivity contribution is 6.08. The first-order valence-electron chi connectivity index (χ1n) is 17.1. The SMILES string of the molecule is C#CC(C)CN1C(=O)N(/C(C=C)=C/C=C(\C)CCc2ccccc2)C(CC)(CCCC)C1=O.Cc1c(C(C)C)cccc1C(C)C. The van der Waals surface area contributed by atoms with Crippen molar-refractivity contribution in [1.29, 1.82) is 0 Å². The van der Waals surface area contributed by atoms with Crippen LogP contribution in [0.25, 0.3) is 0 Å². The summed E-state index contributed by atoms with van der Waals surface area (Å²) in [5, 5.41) is 0. The van der Waals surface area contributed by atoms with Crippen molar-refractivity contribution in [3.63, 3.8) is 0 Å². The highest BCUT2D eigenvalue weighted by atomic mass is 16.2. The van der Waals surface area contributed by atoms with Crippen LogP contribution in [0, 0.1) is 25.2 Å². The number of terminal acetylenes is 1. The molecule has 2 unspecified atom stereocenters. The Morgan fingerprint density at radius 1 is 0.957 bits per heavy atom. The number of imide groups is 1. The lowest BCUT2D eigenvalue weighted by atomic mass is 9.87. The third-order valence-electron chi connectivity index (χ3n) is 9.08. The Morgan fingerprint density at radius 3 is 2.07 bits per heavy atom. The number of amides is 3. The van der Waals surface area contributed by atoms with E-state index in [0.29, 0.717) is 30.4 Å². The van der Waals surface area contributed by atoms with Crippen LogP contribution in [0.2, 0.25) is 0 Å². The van der Waals surface area contributed by atoms with Gasteiger partial charge in [0.1, 0.15) is 5.54 Å². The van der Waals surface area contributed by atoms with E-state index in [-0.39, 0.29) is 24.4 Å². The monoisotopic (exact) mass is 622 g/mol. The summed E-state index contributed by atoms with van der Waals surface area (Å²) in [6.45, 7) is 23.5. The molecule has 0 aromatic heterocycles. The van der Waals surface area contributed by atoms with Gasteiger partial charge in [0, 0.05) is 18.2 Å². The van der Waals surface area contributed by atoms with Crippen LogP contribution in [0.5, 0.6) is 0 Å². The van der Waals surface area contributed by atoms with Gasteiger partial charge in [-0.1, -0.05) is 121 Å². The minimum Gasteiger partial charge on any atom is -0.279 e. The molecule has 248 valence electrons. The normalized spacial score (nSPS) is 17.7. The van der Waals surface area contributed by atoms with E-state index >= 15 is 0 Å². The molecular formula is C42H58N2O2. The average molecular weight is 623 g/mol. The molecule has 1 aliphatic rings. The van der Waals surface area contributed by atoms with Crippen molar-refractivity contribution in [3.05, 3.63) is 107 Å². The van der Waals surface area contributed by atoms with Crippen LogP contribution >= 0.6 is 0 Å². The number of allylic oxidation sites excluding steroid dienone is 4. The summed E-state index contributed by atoms with van der Waals surface area (Å²) < 4.78 is 0. The van der Waals surface area contributed by atoms with Gasteiger partial charge in [0.2, 0.25) is 0 Å². The molecule has 2 atom stereocenters. The van der Waals surface area contributed by atoms with Crippen molar-refractivity contribution < 1.29 is 9.59 Å². The van der Waals surface area contributed by atoms with Gasteiger partial charge in [-0.15, -0.1) is 12.3 Å². The number of hydrogen-bond donors (Lipinski definition) is 0. The third-order valence-corrected chi connectivity index (χ3v) is 9.08. The molecule has 1 heterocycles. The van der Waals surface area contributed by atoms with Crippen LogP contribution in [0.3, 0.4) is 0 Å². The molecule has 0 bridgehead atoms. The number of aryl methyl sites for hydroxylation is 1. The standard InChI is InChI=1S/C29H38N2O2.C13H20/c1-7-11-21-29(10-4)27(32)30(22-23(5)8-2)28(33)31(29)26(9-3)20-18-24(6)17-19-25-15-13-12-14-16-25;1-9(2)12-7-6-8-13(10(3)4)11(12)5/h2,9,12-16,18,20,23H,3,7,10-11,17,19,21-22H2,1,4-6H3;6-10H,1-5H3/b24-18+,26-20+;. The predicted molar refractivity (Wildman–Crippen MR) is 196 cm³/mol. The Kier molecular flexibility index (Phi) is 15.3. The second-order valence-electron chi connectivity index (χ2n) is 13.3. The quantitative estimate of drug-likeness (QED) is 0.119. The smallest absolute Gasteiger partial charge is 0.279 e. The van der Waals surface area contributed by atoms with Crippen molar-refractivity contribution in [2.24, 2.45) is 5.92 Å². The maximum atomic E-state index is 13.6. The maximum absolute atomic E-state index is 13.6. The summed E-state index contributed by atoms with van der Waals surface area (Å²) in [5.41, 5.74) is 6.71. The molecule has 1 aliphatic heterocycles. The lowest BCUT2D eigenvalue weighted by molar-refractivity contribution is -0.133. The summed E-state index contributed by atoms with van der Waals surface area (Å²) in [5.74, 6) is 3.56. The van der Waals surface area contributed by atoms with E-state index in [1.807, 2.05) is 44.2 Å². The Morgan fingerprint density at radius 2 is 1.57 bits per heavy atom. The Labute approximate surface area is 280 Å². The van der Waals surface area contributed by atoms with Crippen LogP contribution in [-0.2, 0) is 11.2 Å². The van der Waals surface area contributed by atoms with E-state index in [1.54, 1.807) is 11.0 Å². The molecule has 0 spiro atoms. The summed E-state index contributed by atoms with van der Waals surface area (Å²) in [7, 11) is 0. The summed E-state index contributed by atoms with van der Waals surface area (Å²) in [6.07, 6.45) is 16.0. The van der Waals surface area contributed by atoms with E-state index in [1.165, 1.54) is 32.7 Å². The van der Waals surface area contributed by atoms with E-state index in [0.717, 1.165) is 25.7 Å². The number of urea groups is 1. The van der Waals surface area contributed by atoms with E-state index in [4.69, 9.17) is 6.42 Å². The second-order valence-corrected chi connectivity index (χ2v) is 13.3. The van der Waals surface area contributed by atoms with E-state index in [9.17, 15) is 9.59 Å². The van der Waals surface area contributed by atoms with Gasteiger partial charge < -0.3 is 0 Å². The maximum Gasteiger partial charge on any atom is 0.332 e. The topological polar surface area (TPSA) is 40.6 Å². The molecule has 4 nitrogen and oxygen atoms in total. The Hall–Kier alpha value is -3.84. The van der Waals surface area contributed by atoms with Crippen molar-refractivity contribution in [1.82, 2.24) is 9.80 Å². The van der Waals surface area contributed by atoms with E-state index in [2.05, 4.69) is 91.3 Å². The highest BCUT2D eigenvalue weighted by Crippen LogP contribution is 2.39. The van der Waals surface area contributed by atoms with Gasteiger partial charge in [-0.3, -0.25) is 14.6 Å². The summed E-state index contributed by atoms with van der Waals surface area (Å²) in [4.78, 5) is 30.1. The molecule has 2 aromatic carbocycles. The van der Waals surface area contributed by atoms with Gasteiger partial charge in [0.15, 0.2) is 0 Å². The number of rotatable bonds is 14. The van der Waals surface area contributed by atoms with Crippen molar-refractivity contribution in [2.45, 2.75) is 118 Å². The minimum atomic E-state index is -0.896. The first-order valence-corrected chi connectivity index (χ1v) is 17.1. The molecule has 46 heavy (non-hydrogen) atoms. The van der Waals surface area contributed by atoms with Crippen LogP contribution in [0.4, 0.5) is 4.79 Å². The van der Waals surface area contributed by atoms with Crippen molar-refractivity contribution in [3.8, 4) is 12.3 Å². The van der Waals surface area contributed by atoms with Gasteiger partial charge in [-0.25, -0.2) is 4.79 Å². The minimum absolute atomic E-state index is 0.150. The molecule has 1 saturated heterocycles. The zero-order chi connectivity index (χ0) is 34.4. The molecule has 0 radical (unpaired) electrons. The Bertz CT molecular complexity index is 1380. The van der Waals surface area contributed by atoms with Gasteiger partial charge in [-0.05, 0) is 92.7 Å². The molecular weight excluding hydrogens is 564 g/mol. The molecule has 0 saturated carbocycles. The number of carbonyl (C=O) groups excluding carboxylic acids is 2. The highest BCUT2D eigenvalue weighted by Gasteiger charge is 2.56. The molecule has 4 heteroatoms. The largest absolute Gasteiger partial charge is 0.332 e. The Balaban J connectivity index is 0.000000471. The fourth-order valence-corrected chi connectivity index (χ4v) is 6.21. The number of carbonyl (C=O) groups is 2. The van der Waals surface area contributed by atoms with E-state index < -0.39 is 5.54 Å². The van der Waals surface area contributed by atoms with Gasteiger partial charge in [-0.2, -0.15) is 0 Å². The van der Waals surface area contributed by atoms with Gasteiger partial charge in [0.25, 0.3) is 5.91 Å². The zero-order valence-electron chi connectivity index (χ0n) is 30.0. The molecule has 2 aromatic rings. The fourth-order valence-electron chi connectivity index (χ4n) is 6.21. The number of hydrogen-bond acceptors (Lipinski definition) is 2. The zero-order valence-corrected chi connectivity index (χ0v) is 30.0. The average Bonchev–Trinajstić information content (AvgIpc) is 3.25. The van der Waals surface area contributed by atoms with Crippen LogP contribution in [0.1, 0.15) is 122 Å². The number of benzene rings is 2. The number of unbranched alkanes of at least 4 members (excludes halogenated alkanes) is 1. The second kappa shape index (κ2) is 18.3. The van der Waals surface area contributed by atoms with Crippen LogP contribution in [0.15, 0.2) is 84.6 Å². The molecule has 0 N–H and O–H groups in total. The lowest BCUT2D eigenvalue weighted by Gasteiger charge is -2.35. The molecule has 1 fully saturated rings. The van der Waals surface area contributed by atoms with Gasteiger partial charge in [0.05, 0.1) is 0 Å². The first-order chi connectivity index (χ1) is 21.9. The predicted octanol–water partition coefficient (Wildman–Crippen LogP) is 10.7. The molecule has 0 aliphatic carbocycles. The summed E-state index contributed by atoms with van der Waals surface area (Å²) in [6, 6.07) is 16.7. The van der Waals surface area contributed by atoms with Crippen molar-refractivity contribution in [2.75, 3.05) is 6.54 Å². The molecule has 3 amide bonds.